The number of rotatable bonds is 3. The average molecular weight is 161 g/mol. The van der Waals surface area contributed by atoms with Crippen LogP contribution in [0.1, 0.15) is 18.9 Å². The molecule has 0 aliphatic rings. The second-order valence-electron chi connectivity index (χ2n) is 2.65. The number of benzene rings is 1. The Morgan fingerprint density at radius 1 is 1.33 bits per heavy atom. The third-order valence-electron chi connectivity index (χ3n) is 1.76. The Labute approximate surface area is 74.1 Å². The molecule has 12 heavy (non-hydrogen) atoms. The Balaban J connectivity index is 2.89. The highest BCUT2D eigenvalue weighted by Gasteiger charge is 1.92. The molecular weight excluding hydrogens is 146 g/mol. The summed E-state index contributed by atoms with van der Waals surface area (Å²) in [6.45, 7) is 2.14. The van der Waals surface area contributed by atoms with Gasteiger partial charge in [-0.2, -0.15) is 0 Å². The molecule has 0 fully saturated rings. The van der Waals surface area contributed by atoms with Gasteiger partial charge in [-0.25, -0.2) is 0 Å². The molecule has 0 saturated carbocycles. The van der Waals surface area contributed by atoms with Crippen molar-refractivity contribution in [2.75, 3.05) is 12.4 Å². The molecule has 1 rings (SSSR count). The summed E-state index contributed by atoms with van der Waals surface area (Å²) < 4.78 is 0. The normalized spacial score (nSPS) is 10.5. The predicted molar refractivity (Wildman–Crippen MR) is 55.3 cm³/mol. The summed E-state index contributed by atoms with van der Waals surface area (Å²) >= 11 is 0. The number of allylic oxidation sites excluding steroid dienone is 1. The molecule has 0 atom stereocenters. The fourth-order valence-corrected chi connectivity index (χ4v) is 1.11. The van der Waals surface area contributed by atoms with Crippen LogP contribution in [0.2, 0.25) is 0 Å². The van der Waals surface area contributed by atoms with Crippen LogP contribution in [0.15, 0.2) is 30.3 Å². The van der Waals surface area contributed by atoms with E-state index in [0.717, 1.165) is 6.42 Å². The van der Waals surface area contributed by atoms with Gasteiger partial charge in [-0.3, -0.25) is 0 Å². The van der Waals surface area contributed by atoms with Gasteiger partial charge in [0.1, 0.15) is 0 Å². The standard InChI is InChI=1S/C11H15N/c1-3-4-7-10-8-5-6-9-11(10)12-2/h4-9,12H,3H2,1-2H3/b7-4-. The first kappa shape index (κ1) is 8.85. The summed E-state index contributed by atoms with van der Waals surface area (Å²) in [5, 5.41) is 3.15. The van der Waals surface area contributed by atoms with Gasteiger partial charge in [-0.05, 0) is 18.1 Å². The lowest BCUT2D eigenvalue weighted by Gasteiger charge is -2.03. The Hall–Kier alpha value is -1.24. The van der Waals surface area contributed by atoms with Gasteiger partial charge < -0.3 is 5.32 Å². The summed E-state index contributed by atoms with van der Waals surface area (Å²) in [5.74, 6) is 0. The van der Waals surface area contributed by atoms with E-state index in [4.69, 9.17) is 0 Å². The molecule has 0 heterocycles. The highest BCUT2D eigenvalue weighted by molar-refractivity contribution is 5.66. The van der Waals surface area contributed by atoms with E-state index in [2.05, 4.69) is 42.6 Å². The maximum Gasteiger partial charge on any atom is 0.0411 e. The van der Waals surface area contributed by atoms with Crippen LogP contribution in [0.4, 0.5) is 5.69 Å². The molecule has 0 radical (unpaired) electrons. The van der Waals surface area contributed by atoms with Crippen molar-refractivity contribution in [3.63, 3.8) is 0 Å². The van der Waals surface area contributed by atoms with Gasteiger partial charge in [-0.15, -0.1) is 0 Å². The molecule has 1 aromatic rings. The number of hydrogen-bond donors (Lipinski definition) is 1. The van der Waals surface area contributed by atoms with Crippen molar-refractivity contribution in [1.29, 1.82) is 0 Å². The predicted octanol–water partition coefficient (Wildman–Crippen LogP) is 3.15. The van der Waals surface area contributed by atoms with Crippen LogP contribution in [-0.2, 0) is 0 Å². The zero-order valence-corrected chi connectivity index (χ0v) is 7.67. The fraction of sp³-hybridized carbons (Fsp3) is 0.273. The van der Waals surface area contributed by atoms with Crippen LogP contribution in [0.5, 0.6) is 0 Å². The average Bonchev–Trinajstić information content (AvgIpc) is 2.15. The molecule has 0 aliphatic carbocycles. The fourth-order valence-electron chi connectivity index (χ4n) is 1.11. The molecule has 1 heteroatoms. The van der Waals surface area contributed by atoms with Crippen molar-refractivity contribution in [3.05, 3.63) is 35.9 Å². The zero-order valence-electron chi connectivity index (χ0n) is 7.67. The second-order valence-corrected chi connectivity index (χ2v) is 2.65. The summed E-state index contributed by atoms with van der Waals surface area (Å²) in [6, 6.07) is 8.28. The Morgan fingerprint density at radius 3 is 2.75 bits per heavy atom. The van der Waals surface area contributed by atoms with Crippen LogP contribution in [-0.4, -0.2) is 7.05 Å². The lowest BCUT2D eigenvalue weighted by molar-refractivity contribution is 1.23. The Bertz CT molecular complexity index is 263. The van der Waals surface area contributed by atoms with E-state index in [1.165, 1.54) is 11.3 Å². The molecule has 1 nitrogen and oxygen atoms in total. The molecule has 1 aromatic carbocycles. The lowest BCUT2D eigenvalue weighted by Crippen LogP contribution is -1.89. The first-order valence-electron chi connectivity index (χ1n) is 4.31. The lowest BCUT2D eigenvalue weighted by atomic mass is 10.1. The summed E-state index contributed by atoms with van der Waals surface area (Å²) in [7, 11) is 1.94. The number of anilines is 1. The third kappa shape index (κ3) is 2.12. The number of nitrogens with one attached hydrogen (secondary N) is 1. The van der Waals surface area contributed by atoms with Crippen molar-refractivity contribution >= 4 is 11.8 Å². The highest BCUT2D eigenvalue weighted by atomic mass is 14.8. The minimum Gasteiger partial charge on any atom is -0.388 e. The van der Waals surface area contributed by atoms with Gasteiger partial charge in [0.15, 0.2) is 0 Å². The number of hydrogen-bond acceptors (Lipinski definition) is 1. The molecule has 0 saturated heterocycles. The molecule has 64 valence electrons. The van der Waals surface area contributed by atoms with Crippen molar-refractivity contribution in [1.82, 2.24) is 0 Å². The quantitative estimate of drug-likeness (QED) is 0.718. The van der Waals surface area contributed by atoms with E-state index >= 15 is 0 Å². The van der Waals surface area contributed by atoms with Crippen molar-refractivity contribution in [2.24, 2.45) is 0 Å². The maximum atomic E-state index is 3.15. The van der Waals surface area contributed by atoms with E-state index in [1.54, 1.807) is 0 Å². The largest absolute Gasteiger partial charge is 0.388 e. The SMILES string of the molecule is CC/C=C\c1ccccc1NC. The van der Waals surface area contributed by atoms with Gasteiger partial charge in [0, 0.05) is 12.7 Å². The van der Waals surface area contributed by atoms with Crippen molar-refractivity contribution in [2.45, 2.75) is 13.3 Å². The molecule has 0 spiro atoms. The minimum absolute atomic E-state index is 1.08. The maximum absolute atomic E-state index is 3.15. The van der Waals surface area contributed by atoms with Gasteiger partial charge >= 0.3 is 0 Å². The van der Waals surface area contributed by atoms with E-state index < -0.39 is 0 Å². The van der Waals surface area contributed by atoms with E-state index in [-0.39, 0.29) is 0 Å². The first-order chi connectivity index (χ1) is 5.88. The van der Waals surface area contributed by atoms with Gasteiger partial charge in [0.05, 0.1) is 0 Å². The Morgan fingerprint density at radius 2 is 2.08 bits per heavy atom. The molecule has 0 aliphatic heterocycles. The van der Waals surface area contributed by atoms with Crippen LogP contribution in [0, 0.1) is 0 Å². The smallest absolute Gasteiger partial charge is 0.0411 e. The Kier molecular flexibility index (Phi) is 3.39. The van der Waals surface area contributed by atoms with Crippen LogP contribution in [0.25, 0.3) is 6.08 Å². The van der Waals surface area contributed by atoms with Crippen molar-refractivity contribution < 1.29 is 0 Å². The zero-order chi connectivity index (χ0) is 8.81. The minimum atomic E-state index is 1.08. The number of para-hydroxylation sites is 1. The van der Waals surface area contributed by atoms with E-state index in [0.29, 0.717) is 0 Å². The molecule has 0 bridgehead atoms. The van der Waals surface area contributed by atoms with Crippen LogP contribution in [0.3, 0.4) is 0 Å². The van der Waals surface area contributed by atoms with Crippen LogP contribution >= 0.6 is 0 Å². The summed E-state index contributed by atoms with van der Waals surface area (Å²) in [6.07, 6.45) is 5.39. The highest BCUT2D eigenvalue weighted by Crippen LogP contribution is 2.15. The van der Waals surface area contributed by atoms with Gasteiger partial charge in [0.2, 0.25) is 0 Å². The monoisotopic (exact) mass is 161 g/mol. The first-order valence-corrected chi connectivity index (χ1v) is 4.31. The summed E-state index contributed by atoms with van der Waals surface area (Å²) in [5.41, 5.74) is 2.43. The van der Waals surface area contributed by atoms with Crippen LogP contribution < -0.4 is 5.32 Å². The third-order valence-corrected chi connectivity index (χ3v) is 1.76. The topological polar surface area (TPSA) is 12.0 Å². The molecule has 0 unspecified atom stereocenters. The molecule has 0 aromatic heterocycles. The second kappa shape index (κ2) is 4.60. The van der Waals surface area contributed by atoms with E-state index in [1.807, 2.05) is 13.1 Å². The van der Waals surface area contributed by atoms with E-state index in [9.17, 15) is 0 Å². The van der Waals surface area contributed by atoms with Gasteiger partial charge in [0.25, 0.3) is 0 Å². The summed E-state index contributed by atoms with van der Waals surface area (Å²) in [4.78, 5) is 0. The van der Waals surface area contributed by atoms with Gasteiger partial charge in [-0.1, -0.05) is 37.3 Å². The molecule has 1 N–H and O–H groups in total. The molecule has 0 amide bonds. The molecular formula is C11H15N. The van der Waals surface area contributed by atoms with Crippen molar-refractivity contribution in [3.8, 4) is 0 Å².